The zero-order chi connectivity index (χ0) is 13.5. The molecule has 1 aromatic rings. The highest BCUT2D eigenvalue weighted by molar-refractivity contribution is 8.00. The largest absolute Gasteiger partial charge is 0.341 e. The van der Waals surface area contributed by atoms with Crippen molar-refractivity contribution >= 4 is 23.7 Å². The van der Waals surface area contributed by atoms with Crippen LogP contribution in [-0.2, 0) is 11.3 Å². The van der Waals surface area contributed by atoms with Crippen LogP contribution in [0.3, 0.4) is 0 Å². The number of urea groups is 1. The Hall–Kier alpha value is -1.50. The average molecular weight is 270 g/mol. The van der Waals surface area contributed by atoms with Gasteiger partial charge in [0.15, 0.2) is 5.16 Å². The molecule has 0 saturated heterocycles. The first-order valence-corrected chi connectivity index (χ1v) is 6.66. The maximum absolute atomic E-state index is 11.7. The molecule has 100 valence electrons. The molecule has 3 amide bonds. The minimum atomic E-state index is -0.496. The van der Waals surface area contributed by atoms with Crippen molar-refractivity contribution < 1.29 is 9.59 Å². The molecule has 0 radical (unpaired) electrons. The maximum Gasteiger partial charge on any atom is 0.321 e. The number of carbonyl (C=O) groups is 2. The summed E-state index contributed by atoms with van der Waals surface area (Å²) < 4.78 is 1.99. The molecule has 2 N–H and O–H groups in total. The summed E-state index contributed by atoms with van der Waals surface area (Å²) in [5, 5.41) is 5.00. The fourth-order valence-corrected chi connectivity index (χ4v) is 2.20. The molecule has 1 aromatic heterocycles. The Labute approximate surface area is 111 Å². The summed E-state index contributed by atoms with van der Waals surface area (Å²) in [7, 11) is 1.47. The maximum atomic E-state index is 11.7. The lowest BCUT2D eigenvalue weighted by Gasteiger charge is -2.11. The van der Waals surface area contributed by atoms with Crippen LogP contribution in [0.2, 0.25) is 0 Å². The van der Waals surface area contributed by atoms with Crippen LogP contribution in [0.15, 0.2) is 17.6 Å². The third-order valence-electron chi connectivity index (χ3n) is 2.26. The van der Waals surface area contributed by atoms with Crippen LogP contribution in [0.4, 0.5) is 4.79 Å². The summed E-state index contributed by atoms with van der Waals surface area (Å²) in [5.41, 5.74) is 0. The number of thioether (sulfide) groups is 1. The van der Waals surface area contributed by atoms with E-state index in [9.17, 15) is 9.59 Å². The van der Waals surface area contributed by atoms with Gasteiger partial charge < -0.3 is 9.88 Å². The van der Waals surface area contributed by atoms with E-state index in [2.05, 4.69) is 22.5 Å². The van der Waals surface area contributed by atoms with Crippen molar-refractivity contribution in [3.63, 3.8) is 0 Å². The van der Waals surface area contributed by atoms with Crippen molar-refractivity contribution in [3.8, 4) is 0 Å². The van der Waals surface area contributed by atoms with Gasteiger partial charge in [-0.15, -0.1) is 0 Å². The summed E-state index contributed by atoms with van der Waals surface area (Å²) in [5.74, 6) is -0.328. The van der Waals surface area contributed by atoms with Gasteiger partial charge in [0.05, 0.1) is 5.25 Å². The molecule has 18 heavy (non-hydrogen) atoms. The number of imide groups is 1. The number of imidazole rings is 1. The molecular weight excluding hydrogens is 252 g/mol. The Balaban J connectivity index is 2.58. The van der Waals surface area contributed by atoms with E-state index in [1.54, 1.807) is 13.1 Å². The summed E-state index contributed by atoms with van der Waals surface area (Å²) in [4.78, 5) is 26.9. The third-order valence-corrected chi connectivity index (χ3v) is 3.38. The van der Waals surface area contributed by atoms with Gasteiger partial charge in [0, 0.05) is 26.0 Å². The number of rotatable bonds is 5. The highest BCUT2D eigenvalue weighted by Gasteiger charge is 2.18. The van der Waals surface area contributed by atoms with Crippen LogP contribution in [0, 0.1) is 0 Å². The van der Waals surface area contributed by atoms with E-state index in [0.29, 0.717) is 0 Å². The molecule has 0 aliphatic rings. The number of nitrogens with one attached hydrogen (secondary N) is 2. The lowest BCUT2D eigenvalue weighted by atomic mass is 10.4. The van der Waals surface area contributed by atoms with Gasteiger partial charge in [-0.1, -0.05) is 18.7 Å². The Bertz CT molecular complexity index is 419. The minimum absolute atomic E-state index is 0.328. The van der Waals surface area contributed by atoms with E-state index in [0.717, 1.165) is 18.1 Å². The van der Waals surface area contributed by atoms with Crippen molar-refractivity contribution in [1.82, 2.24) is 20.2 Å². The van der Waals surface area contributed by atoms with Gasteiger partial charge in [-0.2, -0.15) is 0 Å². The summed E-state index contributed by atoms with van der Waals surface area (Å²) in [6, 6.07) is -0.496. The number of hydrogen-bond donors (Lipinski definition) is 2. The zero-order valence-electron chi connectivity index (χ0n) is 10.8. The quantitative estimate of drug-likeness (QED) is 0.789. The number of amides is 3. The number of aromatic nitrogens is 2. The molecule has 1 heterocycles. The van der Waals surface area contributed by atoms with Gasteiger partial charge in [-0.25, -0.2) is 9.78 Å². The molecule has 7 heteroatoms. The van der Waals surface area contributed by atoms with Crippen molar-refractivity contribution in [3.05, 3.63) is 12.4 Å². The standard InChI is InChI=1S/C11H18N4O2S/c1-4-6-15-7-5-13-11(15)18-8(2)9(16)14-10(17)12-3/h5,7-8H,4,6H2,1-3H3,(H2,12,14,16,17)/t8-/m0/s1. The van der Waals surface area contributed by atoms with Gasteiger partial charge in [-0.3, -0.25) is 10.1 Å². The average Bonchev–Trinajstić information content (AvgIpc) is 2.77. The van der Waals surface area contributed by atoms with Gasteiger partial charge in [0.1, 0.15) is 0 Å². The smallest absolute Gasteiger partial charge is 0.321 e. The first kappa shape index (κ1) is 14.6. The van der Waals surface area contributed by atoms with Gasteiger partial charge in [0.2, 0.25) is 5.91 Å². The minimum Gasteiger partial charge on any atom is -0.341 e. The van der Waals surface area contributed by atoms with Crippen LogP contribution < -0.4 is 10.6 Å². The van der Waals surface area contributed by atoms with E-state index in [4.69, 9.17) is 0 Å². The molecule has 6 nitrogen and oxygen atoms in total. The lowest BCUT2D eigenvalue weighted by Crippen LogP contribution is -2.41. The normalized spacial score (nSPS) is 11.9. The monoisotopic (exact) mass is 270 g/mol. The third kappa shape index (κ3) is 4.06. The van der Waals surface area contributed by atoms with Crippen LogP contribution in [0.5, 0.6) is 0 Å². The Morgan fingerprint density at radius 1 is 1.56 bits per heavy atom. The van der Waals surface area contributed by atoms with Gasteiger partial charge in [-0.05, 0) is 13.3 Å². The van der Waals surface area contributed by atoms with Crippen LogP contribution in [-0.4, -0.2) is 33.8 Å². The molecule has 0 bridgehead atoms. The second-order valence-electron chi connectivity index (χ2n) is 3.73. The Morgan fingerprint density at radius 2 is 2.28 bits per heavy atom. The van der Waals surface area contributed by atoms with E-state index < -0.39 is 6.03 Å². The first-order chi connectivity index (χ1) is 8.58. The predicted molar refractivity (Wildman–Crippen MR) is 70.4 cm³/mol. The Morgan fingerprint density at radius 3 is 2.89 bits per heavy atom. The van der Waals surface area contributed by atoms with Crippen LogP contribution in [0.25, 0.3) is 0 Å². The molecular formula is C11H18N4O2S. The SMILES string of the molecule is CCCn1ccnc1S[C@@H](C)C(=O)NC(=O)NC. The molecule has 1 atom stereocenters. The molecule has 0 spiro atoms. The molecule has 0 aliphatic carbocycles. The fraction of sp³-hybridized carbons (Fsp3) is 0.545. The number of carbonyl (C=O) groups excluding carboxylic acids is 2. The van der Waals surface area contributed by atoms with E-state index in [1.807, 2.05) is 10.8 Å². The number of nitrogens with zero attached hydrogens (tertiary/aromatic N) is 2. The highest BCUT2D eigenvalue weighted by atomic mass is 32.2. The van der Waals surface area contributed by atoms with Crippen LogP contribution in [0.1, 0.15) is 20.3 Å². The van der Waals surface area contributed by atoms with Crippen molar-refractivity contribution in [2.45, 2.75) is 37.2 Å². The molecule has 0 aliphatic heterocycles. The second-order valence-corrected chi connectivity index (χ2v) is 5.04. The molecule has 0 aromatic carbocycles. The molecule has 1 rings (SSSR count). The summed E-state index contributed by atoms with van der Waals surface area (Å²) in [6.07, 6.45) is 4.60. The Kier molecular flexibility index (Phi) is 5.70. The first-order valence-electron chi connectivity index (χ1n) is 5.78. The molecule has 0 fully saturated rings. The highest BCUT2D eigenvalue weighted by Crippen LogP contribution is 2.21. The van der Waals surface area contributed by atoms with Gasteiger partial charge >= 0.3 is 6.03 Å². The van der Waals surface area contributed by atoms with Gasteiger partial charge in [0.25, 0.3) is 0 Å². The fourth-order valence-electron chi connectivity index (χ4n) is 1.31. The zero-order valence-corrected chi connectivity index (χ0v) is 11.6. The molecule has 0 unspecified atom stereocenters. The van der Waals surface area contributed by atoms with Crippen molar-refractivity contribution in [2.24, 2.45) is 0 Å². The van der Waals surface area contributed by atoms with E-state index in [1.165, 1.54) is 18.8 Å². The number of aryl methyl sites for hydroxylation is 1. The predicted octanol–water partition coefficient (Wildman–Crippen LogP) is 1.23. The van der Waals surface area contributed by atoms with Crippen molar-refractivity contribution in [1.29, 1.82) is 0 Å². The molecule has 0 saturated carbocycles. The van der Waals surface area contributed by atoms with Crippen LogP contribution >= 0.6 is 11.8 Å². The lowest BCUT2D eigenvalue weighted by molar-refractivity contribution is -0.119. The topological polar surface area (TPSA) is 76.0 Å². The number of hydrogen-bond acceptors (Lipinski definition) is 4. The summed E-state index contributed by atoms with van der Waals surface area (Å²) in [6.45, 7) is 4.69. The van der Waals surface area contributed by atoms with E-state index >= 15 is 0 Å². The van der Waals surface area contributed by atoms with Crippen molar-refractivity contribution in [2.75, 3.05) is 7.05 Å². The second kappa shape index (κ2) is 7.05. The summed E-state index contributed by atoms with van der Waals surface area (Å²) >= 11 is 1.34. The van der Waals surface area contributed by atoms with E-state index in [-0.39, 0.29) is 11.2 Å².